The van der Waals surface area contributed by atoms with E-state index in [1.165, 1.54) is 0 Å². The minimum absolute atomic E-state index is 0.00922. The number of benzene rings is 1. The van der Waals surface area contributed by atoms with Crippen LogP contribution >= 0.6 is 0 Å². The number of hydrogen-bond donors (Lipinski definition) is 2. The van der Waals surface area contributed by atoms with Gasteiger partial charge in [0.25, 0.3) is 0 Å². The highest BCUT2D eigenvalue weighted by atomic mass is 16.2. The Balaban J connectivity index is 1.42. The molecule has 1 aromatic carbocycles. The first-order valence-corrected chi connectivity index (χ1v) is 8.83. The van der Waals surface area contributed by atoms with Crippen molar-refractivity contribution in [3.63, 3.8) is 0 Å². The van der Waals surface area contributed by atoms with Gasteiger partial charge < -0.3 is 10.6 Å². The summed E-state index contributed by atoms with van der Waals surface area (Å²) in [6.45, 7) is 1.62. The summed E-state index contributed by atoms with van der Waals surface area (Å²) >= 11 is 0. The van der Waals surface area contributed by atoms with Crippen LogP contribution in [0.1, 0.15) is 18.4 Å². The standard InChI is InChI=1S/C18H24N6O2/c1-23(12-9-19-17(25)8-11-24-13-10-20-22-24)16-7-6-14-4-2-3-5-15(14)21-18(16)26/h2-5,10,13,16H,6-9,11-12H2,1H3,(H,19,25)(H,21,26). The summed E-state index contributed by atoms with van der Waals surface area (Å²) in [5.74, 6) is -0.0263. The fourth-order valence-electron chi connectivity index (χ4n) is 3.10. The maximum Gasteiger partial charge on any atom is 0.241 e. The third-order valence-electron chi connectivity index (χ3n) is 4.62. The molecule has 0 fully saturated rings. The Morgan fingerprint density at radius 3 is 3.08 bits per heavy atom. The predicted molar refractivity (Wildman–Crippen MR) is 97.5 cm³/mol. The molecule has 0 saturated heterocycles. The second kappa shape index (κ2) is 8.57. The number of carbonyl (C=O) groups excluding carboxylic acids is 2. The van der Waals surface area contributed by atoms with Gasteiger partial charge in [-0.25, -0.2) is 0 Å². The molecular weight excluding hydrogens is 332 g/mol. The van der Waals surface area contributed by atoms with E-state index >= 15 is 0 Å². The van der Waals surface area contributed by atoms with Crippen LogP contribution in [-0.4, -0.2) is 57.9 Å². The van der Waals surface area contributed by atoms with E-state index in [1.54, 1.807) is 17.1 Å². The summed E-state index contributed by atoms with van der Waals surface area (Å²) < 4.78 is 1.62. The van der Waals surface area contributed by atoms with Gasteiger partial charge in [0, 0.05) is 31.4 Å². The van der Waals surface area contributed by atoms with Gasteiger partial charge in [-0.1, -0.05) is 23.4 Å². The van der Waals surface area contributed by atoms with Gasteiger partial charge in [-0.3, -0.25) is 19.2 Å². The van der Waals surface area contributed by atoms with Gasteiger partial charge in [0.15, 0.2) is 0 Å². The van der Waals surface area contributed by atoms with Crippen molar-refractivity contribution in [1.82, 2.24) is 25.2 Å². The van der Waals surface area contributed by atoms with Gasteiger partial charge in [-0.05, 0) is 31.5 Å². The second-order valence-corrected chi connectivity index (χ2v) is 6.45. The lowest BCUT2D eigenvalue weighted by Crippen LogP contribution is -2.44. The molecule has 0 aliphatic carbocycles. The molecule has 1 aliphatic rings. The Morgan fingerprint density at radius 2 is 2.27 bits per heavy atom. The summed E-state index contributed by atoms with van der Waals surface area (Å²) in [6, 6.07) is 7.70. The molecule has 3 rings (SSSR count). The highest BCUT2D eigenvalue weighted by molar-refractivity contribution is 5.96. The number of nitrogens with one attached hydrogen (secondary N) is 2. The van der Waals surface area contributed by atoms with Gasteiger partial charge in [0.1, 0.15) is 0 Å². The number of rotatable bonds is 7. The number of para-hydroxylation sites is 1. The molecule has 138 valence electrons. The van der Waals surface area contributed by atoms with Crippen molar-refractivity contribution in [3.05, 3.63) is 42.2 Å². The van der Waals surface area contributed by atoms with E-state index in [0.29, 0.717) is 26.1 Å². The minimum atomic E-state index is -0.200. The van der Waals surface area contributed by atoms with E-state index in [0.717, 1.165) is 24.1 Å². The highest BCUT2D eigenvalue weighted by Gasteiger charge is 2.26. The van der Waals surface area contributed by atoms with E-state index in [9.17, 15) is 9.59 Å². The molecule has 1 aliphatic heterocycles. The molecule has 1 atom stereocenters. The minimum Gasteiger partial charge on any atom is -0.355 e. The number of carbonyl (C=O) groups is 2. The maximum atomic E-state index is 12.5. The van der Waals surface area contributed by atoms with E-state index < -0.39 is 0 Å². The number of amides is 2. The summed E-state index contributed by atoms with van der Waals surface area (Å²) in [5, 5.41) is 13.4. The summed E-state index contributed by atoms with van der Waals surface area (Å²) in [5.41, 5.74) is 2.06. The molecule has 2 aromatic rings. The molecule has 26 heavy (non-hydrogen) atoms. The van der Waals surface area contributed by atoms with Crippen molar-refractivity contribution < 1.29 is 9.59 Å². The van der Waals surface area contributed by atoms with E-state index in [1.807, 2.05) is 36.2 Å². The van der Waals surface area contributed by atoms with Gasteiger partial charge in [-0.2, -0.15) is 0 Å². The number of nitrogens with zero attached hydrogens (tertiary/aromatic N) is 4. The van der Waals surface area contributed by atoms with Crippen LogP contribution in [0.15, 0.2) is 36.7 Å². The molecule has 2 amide bonds. The van der Waals surface area contributed by atoms with Crippen molar-refractivity contribution in [1.29, 1.82) is 0 Å². The van der Waals surface area contributed by atoms with Crippen LogP contribution in [0.3, 0.4) is 0 Å². The van der Waals surface area contributed by atoms with Crippen LogP contribution in [0.5, 0.6) is 0 Å². The summed E-state index contributed by atoms with van der Waals surface area (Å²) in [7, 11) is 1.92. The zero-order valence-corrected chi connectivity index (χ0v) is 14.9. The number of likely N-dealkylation sites (N-methyl/N-ethyl adjacent to an activating group) is 1. The average Bonchev–Trinajstić information content (AvgIpc) is 3.09. The monoisotopic (exact) mass is 356 g/mol. The SMILES string of the molecule is CN(CCNC(=O)CCn1ccnn1)C1CCc2ccccc2NC1=O. The Kier molecular flexibility index (Phi) is 5.96. The zero-order chi connectivity index (χ0) is 18.4. The van der Waals surface area contributed by atoms with E-state index in [-0.39, 0.29) is 17.9 Å². The maximum absolute atomic E-state index is 12.5. The fourth-order valence-corrected chi connectivity index (χ4v) is 3.10. The van der Waals surface area contributed by atoms with Crippen molar-refractivity contribution in [2.24, 2.45) is 0 Å². The fraction of sp³-hybridized carbons (Fsp3) is 0.444. The lowest BCUT2D eigenvalue weighted by Gasteiger charge is -2.25. The molecule has 2 N–H and O–H groups in total. The van der Waals surface area contributed by atoms with Gasteiger partial charge in [0.05, 0.1) is 18.8 Å². The molecule has 8 nitrogen and oxygen atoms in total. The lowest BCUT2D eigenvalue weighted by molar-refractivity contribution is -0.121. The Labute approximate surface area is 152 Å². The number of fused-ring (bicyclic) bond motifs is 1. The molecule has 1 unspecified atom stereocenters. The molecule has 1 aromatic heterocycles. The third-order valence-corrected chi connectivity index (χ3v) is 4.62. The van der Waals surface area contributed by atoms with Gasteiger partial charge in [-0.15, -0.1) is 5.10 Å². The van der Waals surface area contributed by atoms with Crippen molar-refractivity contribution in [2.75, 3.05) is 25.5 Å². The van der Waals surface area contributed by atoms with Crippen molar-refractivity contribution >= 4 is 17.5 Å². The lowest BCUT2D eigenvalue weighted by atomic mass is 10.1. The topological polar surface area (TPSA) is 92.2 Å². The van der Waals surface area contributed by atoms with Gasteiger partial charge in [0.2, 0.25) is 11.8 Å². The molecule has 0 bridgehead atoms. The number of anilines is 1. The first-order valence-electron chi connectivity index (χ1n) is 8.83. The van der Waals surface area contributed by atoms with Crippen LogP contribution in [0.25, 0.3) is 0 Å². The zero-order valence-electron chi connectivity index (χ0n) is 14.9. The highest BCUT2D eigenvalue weighted by Crippen LogP contribution is 2.23. The van der Waals surface area contributed by atoms with Crippen molar-refractivity contribution in [2.45, 2.75) is 31.8 Å². The summed E-state index contributed by atoms with van der Waals surface area (Å²) in [4.78, 5) is 26.4. The predicted octanol–water partition coefficient (Wildman–Crippen LogP) is 0.670. The first kappa shape index (κ1) is 18.1. The third kappa shape index (κ3) is 4.66. The van der Waals surface area contributed by atoms with Crippen LogP contribution in [0, 0.1) is 0 Å². The summed E-state index contributed by atoms with van der Waals surface area (Å²) in [6.07, 6.45) is 5.28. The second-order valence-electron chi connectivity index (χ2n) is 6.45. The van der Waals surface area contributed by atoms with E-state index in [4.69, 9.17) is 0 Å². The molecular formula is C18H24N6O2. The Bertz CT molecular complexity index is 746. The van der Waals surface area contributed by atoms with Crippen LogP contribution < -0.4 is 10.6 Å². The quantitative estimate of drug-likeness (QED) is 0.761. The smallest absolute Gasteiger partial charge is 0.241 e. The first-order chi connectivity index (χ1) is 12.6. The largest absolute Gasteiger partial charge is 0.355 e. The Morgan fingerprint density at radius 1 is 1.42 bits per heavy atom. The van der Waals surface area contributed by atoms with Crippen LogP contribution in [0.4, 0.5) is 5.69 Å². The number of hydrogen-bond acceptors (Lipinski definition) is 5. The van der Waals surface area contributed by atoms with E-state index in [2.05, 4.69) is 20.9 Å². The average molecular weight is 356 g/mol. The molecule has 8 heteroatoms. The molecule has 0 radical (unpaired) electrons. The van der Waals surface area contributed by atoms with Crippen LogP contribution in [-0.2, 0) is 22.6 Å². The van der Waals surface area contributed by atoms with Gasteiger partial charge >= 0.3 is 0 Å². The number of aromatic nitrogens is 3. The van der Waals surface area contributed by atoms with Crippen LogP contribution in [0.2, 0.25) is 0 Å². The molecule has 2 heterocycles. The Hall–Kier alpha value is -2.74. The molecule has 0 spiro atoms. The van der Waals surface area contributed by atoms with Crippen molar-refractivity contribution in [3.8, 4) is 0 Å². The number of aryl methyl sites for hydroxylation is 2. The molecule has 0 saturated carbocycles. The normalized spacial score (nSPS) is 16.7.